The molecule has 2 aliphatic rings. The summed E-state index contributed by atoms with van der Waals surface area (Å²) in [5.74, 6) is 0.744. The van der Waals surface area contributed by atoms with Crippen LogP contribution in [0.1, 0.15) is 48.5 Å². The summed E-state index contributed by atoms with van der Waals surface area (Å²) in [7, 11) is 0. The predicted octanol–water partition coefficient (Wildman–Crippen LogP) is 7.12. The van der Waals surface area contributed by atoms with Gasteiger partial charge in [-0.3, -0.25) is 4.98 Å². The predicted molar refractivity (Wildman–Crippen MR) is 130 cm³/mol. The summed E-state index contributed by atoms with van der Waals surface area (Å²) in [6, 6.07) is 19.2. The lowest BCUT2D eigenvalue weighted by Gasteiger charge is -2.08. The molecule has 0 radical (unpaired) electrons. The van der Waals surface area contributed by atoms with E-state index in [1.807, 2.05) is 0 Å². The van der Waals surface area contributed by atoms with Crippen LogP contribution in [0.2, 0.25) is 0 Å². The van der Waals surface area contributed by atoms with Crippen LogP contribution in [-0.4, -0.2) is 19.9 Å². The largest absolute Gasteiger partial charge is 0.355 e. The minimum atomic E-state index is 0.370. The van der Waals surface area contributed by atoms with Gasteiger partial charge in [0.2, 0.25) is 0 Å². The van der Waals surface area contributed by atoms with Gasteiger partial charge in [0.1, 0.15) is 0 Å². The van der Waals surface area contributed by atoms with E-state index in [9.17, 15) is 0 Å². The van der Waals surface area contributed by atoms with Crippen molar-refractivity contribution in [1.82, 2.24) is 19.9 Å². The summed E-state index contributed by atoms with van der Waals surface area (Å²) in [5.41, 5.74) is 9.52. The first-order valence-corrected chi connectivity index (χ1v) is 11.4. The zero-order valence-electron chi connectivity index (χ0n) is 17.4. The van der Waals surface area contributed by atoms with Crippen molar-refractivity contribution < 1.29 is 0 Å². The Balaban J connectivity index is 1.73. The minimum Gasteiger partial charge on any atom is -0.355 e. The van der Waals surface area contributed by atoms with Crippen molar-refractivity contribution >= 4 is 45.6 Å². The van der Waals surface area contributed by atoms with Crippen molar-refractivity contribution in [2.24, 2.45) is 0 Å². The van der Waals surface area contributed by atoms with Gasteiger partial charge in [0.05, 0.1) is 11.4 Å². The molecule has 0 fully saturated rings. The van der Waals surface area contributed by atoms with Gasteiger partial charge in [-0.05, 0) is 66.1 Å². The molecule has 8 bridgehead atoms. The zero-order valence-corrected chi connectivity index (χ0v) is 18.2. The summed E-state index contributed by atoms with van der Waals surface area (Å²) >= 11 is 1.73. The number of aromatic nitrogens is 4. The average Bonchev–Trinajstić information content (AvgIpc) is 3.57. The van der Waals surface area contributed by atoms with Gasteiger partial charge in [-0.15, -0.1) is 11.3 Å². The van der Waals surface area contributed by atoms with Crippen LogP contribution in [0.25, 0.3) is 44.7 Å². The summed E-state index contributed by atoms with van der Waals surface area (Å²) in [4.78, 5) is 18.2. The Bertz CT molecular complexity index is 1470. The maximum Gasteiger partial charge on any atom is 0.0745 e. The molecule has 2 aliphatic heterocycles. The molecule has 6 rings (SSSR count). The van der Waals surface area contributed by atoms with Crippen LogP contribution in [0.4, 0.5) is 0 Å². The molecular formula is C26H22N4S. The lowest BCUT2D eigenvalue weighted by molar-refractivity contribution is 0.655. The Hall–Kier alpha value is -3.44. The van der Waals surface area contributed by atoms with Crippen molar-refractivity contribution in [2.45, 2.75) is 25.7 Å². The number of rotatable bonds is 1. The van der Waals surface area contributed by atoms with E-state index >= 15 is 0 Å². The number of nitrogens with one attached hydrogen (secondary N) is 2. The fourth-order valence-corrected chi connectivity index (χ4v) is 5.12. The van der Waals surface area contributed by atoms with E-state index in [1.54, 1.807) is 11.3 Å². The van der Waals surface area contributed by atoms with E-state index in [4.69, 9.17) is 9.97 Å². The molecule has 2 N–H and O–H groups in total. The minimum absolute atomic E-state index is 0.370. The lowest BCUT2D eigenvalue weighted by Crippen LogP contribution is -1.95. The van der Waals surface area contributed by atoms with Gasteiger partial charge in [-0.25, -0.2) is 4.98 Å². The molecule has 4 nitrogen and oxygen atoms in total. The van der Waals surface area contributed by atoms with Gasteiger partial charge < -0.3 is 9.97 Å². The first kappa shape index (κ1) is 18.3. The Labute approximate surface area is 184 Å². The monoisotopic (exact) mass is 422 g/mol. The molecule has 0 aromatic carbocycles. The first-order chi connectivity index (χ1) is 15.1. The number of hydrogen-bond donors (Lipinski definition) is 2. The van der Waals surface area contributed by atoms with Gasteiger partial charge in [-0.2, -0.15) is 0 Å². The van der Waals surface area contributed by atoms with E-state index in [1.165, 1.54) is 4.88 Å². The second-order valence-corrected chi connectivity index (χ2v) is 9.22. The molecule has 5 heteroatoms. The van der Waals surface area contributed by atoms with Crippen LogP contribution in [0.5, 0.6) is 0 Å². The summed E-state index contributed by atoms with van der Waals surface area (Å²) in [6.45, 7) is 4.51. The Morgan fingerprint density at radius 2 is 1.48 bits per heavy atom. The molecule has 0 saturated heterocycles. The van der Waals surface area contributed by atoms with Gasteiger partial charge in [0, 0.05) is 55.7 Å². The van der Waals surface area contributed by atoms with Crippen molar-refractivity contribution in [3.8, 4) is 10.4 Å². The fourth-order valence-electron chi connectivity index (χ4n) is 4.33. The molecule has 4 aromatic rings. The maximum atomic E-state index is 4.98. The smallest absolute Gasteiger partial charge is 0.0745 e. The summed E-state index contributed by atoms with van der Waals surface area (Å²) in [6.07, 6.45) is 4.18. The molecular weight excluding hydrogens is 400 g/mol. The molecule has 0 aliphatic carbocycles. The van der Waals surface area contributed by atoms with E-state index < -0.39 is 0 Å². The zero-order chi connectivity index (χ0) is 20.9. The fraction of sp³-hybridized carbons (Fsp3) is 0.154. The third-order valence-electron chi connectivity index (χ3n) is 6.25. The van der Waals surface area contributed by atoms with Crippen LogP contribution in [-0.2, 0) is 0 Å². The highest BCUT2D eigenvalue weighted by Gasteiger charge is 2.24. The maximum absolute atomic E-state index is 4.98. The Morgan fingerprint density at radius 1 is 0.774 bits per heavy atom. The highest BCUT2D eigenvalue weighted by atomic mass is 32.1. The van der Waals surface area contributed by atoms with Crippen LogP contribution in [0, 0.1) is 0 Å². The quantitative estimate of drug-likeness (QED) is 0.302. The van der Waals surface area contributed by atoms with E-state index in [2.05, 4.69) is 95.9 Å². The topological polar surface area (TPSA) is 57.4 Å². The SMILES string of the molecule is CC1c2cc3ccc(cc4nc(c(-c5cccs5)c5ccc(cc(n2)C1C)[nH]5)C=C4)[nH]3. The van der Waals surface area contributed by atoms with Gasteiger partial charge in [-0.1, -0.05) is 19.9 Å². The van der Waals surface area contributed by atoms with E-state index in [-0.39, 0.29) is 0 Å². The van der Waals surface area contributed by atoms with Gasteiger partial charge in [0.25, 0.3) is 0 Å². The van der Waals surface area contributed by atoms with Crippen molar-refractivity contribution in [3.05, 3.63) is 82.8 Å². The standard InChI is InChI=1S/C26H22N4S/c1-15-16(2)24-14-20-8-10-22(29-20)26(25-4-3-11-31-25)21-9-7-18(28-21)12-17-5-6-19(27-17)13-23(15)30-24/h3-16,27,29H,1-2H3. The Morgan fingerprint density at radius 3 is 2.23 bits per heavy atom. The number of thiophene rings is 1. The normalized spacial score (nSPS) is 17.9. The van der Waals surface area contributed by atoms with E-state index in [0.29, 0.717) is 11.8 Å². The number of H-pyrrole nitrogens is 2. The highest BCUT2D eigenvalue weighted by molar-refractivity contribution is 7.13. The molecule has 2 unspecified atom stereocenters. The molecule has 152 valence electrons. The van der Waals surface area contributed by atoms with Crippen LogP contribution in [0.15, 0.2) is 60.0 Å². The first-order valence-electron chi connectivity index (χ1n) is 10.6. The van der Waals surface area contributed by atoms with Gasteiger partial charge >= 0.3 is 0 Å². The molecule has 2 atom stereocenters. The third-order valence-corrected chi connectivity index (χ3v) is 7.13. The van der Waals surface area contributed by atoms with Crippen molar-refractivity contribution in [1.29, 1.82) is 0 Å². The number of nitrogens with zero attached hydrogens (tertiary/aromatic N) is 2. The van der Waals surface area contributed by atoms with Crippen LogP contribution < -0.4 is 0 Å². The van der Waals surface area contributed by atoms with Crippen molar-refractivity contribution in [3.63, 3.8) is 0 Å². The molecule has 4 aromatic heterocycles. The molecule has 31 heavy (non-hydrogen) atoms. The second-order valence-electron chi connectivity index (χ2n) is 8.28. The number of fused-ring (bicyclic) bond motifs is 8. The van der Waals surface area contributed by atoms with Gasteiger partial charge in [0.15, 0.2) is 0 Å². The average molecular weight is 423 g/mol. The Kier molecular flexibility index (Phi) is 4.18. The van der Waals surface area contributed by atoms with Crippen LogP contribution in [0.3, 0.4) is 0 Å². The van der Waals surface area contributed by atoms with Crippen LogP contribution >= 0.6 is 11.3 Å². The highest BCUT2D eigenvalue weighted by Crippen LogP contribution is 2.36. The van der Waals surface area contributed by atoms with Crippen molar-refractivity contribution in [2.75, 3.05) is 0 Å². The molecule has 0 saturated carbocycles. The number of hydrogen-bond acceptors (Lipinski definition) is 3. The molecule has 0 spiro atoms. The molecule has 0 amide bonds. The summed E-state index contributed by atoms with van der Waals surface area (Å²) < 4.78 is 0. The van der Waals surface area contributed by atoms with E-state index in [0.717, 1.165) is 50.4 Å². The lowest BCUT2D eigenvalue weighted by atomic mass is 9.93. The summed E-state index contributed by atoms with van der Waals surface area (Å²) in [5, 5.41) is 2.11. The molecule has 6 heterocycles. The second kappa shape index (κ2) is 7.06. The number of aromatic amines is 2. The third kappa shape index (κ3) is 3.22.